The fourth-order valence-electron chi connectivity index (χ4n) is 1.61. The van der Waals surface area contributed by atoms with E-state index in [9.17, 15) is 13.2 Å². The molecule has 0 bridgehead atoms. The van der Waals surface area contributed by atoms with Crippen LogP contribution in [0.2, 0.25) is 0 Å². The molecule has 0 atom stereocenters. The molecule has 0 aliphatic heterocycles. The van der Waals surface area contributed by atoms with Gasteiger partial charge in [0.2, 0.25) is 0 Å². The summed E-state index contributed by atoms with van der Waals surface area (Å²) < 4.78 is 37.8. The summed E-state index contributed by atoms with van der Waals surface area (Å²) in [6, 6.07) is 7.46. The lowest BCUT2D eigenvalue weighted by molar-refractivity contribution is -0.119. The molecule has 0 aliphatic carbocycles. The number of anilines is 1. The summed E-state index contributed by atoms with van der Waals surface area (Å²) in [6.45, 7) is -0.923. The molecule has 1 aromatic carbocycles. The Kier molecular flexibility index (Phi) is 2.80. The van der Waals surface area contributed by atoms with Gasteiger partial charge in [-0.2, -0.15) is 13.2 Å². The van der Waals surface area contributed by atoms with Crippen LogP contribution in [-0.4, -0.2) is 19.8 Å². The highest BCUT2D eigenvalue weighted by atomic mass is 32.1. The Balaban J connectivity index is 2.33. The van der Waals surface area contributed by atoms with Crippen LogP contribution in [0.5, 0.6) is 0 Å². The summed E-state index contributed by atoms with van der Waals surface area (Å²) >= 11 is 1.46. The number of alkyl halides is 3. The van der Waals surface area contributed by atoms with Crippen molar-refractivity contribution in [2.75, 3.05) is 18.5 Å². The fraction of sp³-hybridized carbons (Fsp3) is 0.273. The number of fused-ring (bicyclic) bond motifs is 1. The van der Waals surface area contributed by atoms with Gasteiger partial charge in [0.25, 0.3) is 0 Å². The average molecular weight is 245 g/mol. The maximum absolute atomic E-state index is 12.3. The van der Waals surface area contributed by atoms with E-state index in [2.05, 4.69) is 0 Å². The molecule has 5 heteroatoms. The molecule has 16 heavy (non-hydrogen) atoms. The molecule has 2 rings (SSSR count). The number of thiophene rings is 1. The van der Waals surface area contributed by atoms with E-state index in [1.165, 1.54) is 23.3 Å². The monoisotopic (exact) mass is 245 g/mol. The Morgan fingerprint density at radius 1 is 1.25 bits per heavy atom. The largest absolute Gasteiger partial charge is 0.405 e. The summed E-state index contributed by atoms with van der Waals surface area (Å²) in [5.74, 6) is 0. The molecule has 1 nitrogen and oxygen atoms in total. The number of rotatable bonds is 2. The topological polar surface area (TPSA) is 3.24 Å². The second-order valence-corrected chi connectivity index (χ2v) is 4.50. The molecular formula is C11H10F3NS. The van der Waals surface area contributed by atoms with Crippen molar-refractivity contribution in [2.45, 2.75) is 6.18 Å². The number of nitrogens with zero attached hydrogens (tertiary/aromatic N) is 1. The first-order valence-corrected chi connectivity index (χ1v) is 5.59. The van der Waals surface area contributed by atoms with Gasteiger partial charge in [-0.1, -0.05) is 18.2 Å². The van der Waals surface area contributed by atoms with E-state index in [1.807, 2.05) is 24.3 Å². The first-order valence-electron chi connectivity index (χ1n) is 4.71. The number of hydrogen-bond donors (Lipinski definition) is 0. The van der Waals surface area contributed by atoms with Crippen molar-refractivity contribution in [3.8, 4) is 0 Å². The Labute approximate surface area is 95.1 Å². The van der Waals surface area contributed by atoms with Crippen LogP contribution >= 0.6 is 11.3 Å². The number of benzene rings is 1. The first kappa shape index (κ1) is 11.3. The lowest BCUT2D eigenvalue weighted by Gasteiger charge is -2.20. The highest BCUT2D eigenvalue weighted by Crippen LogP contribution is 2.33. The van der Waals surface area contributed by atoms with Gasteiger partial charge in [0, 0.05) is 22.5 Å². The Bertz CT molecular complexity index is 489. The molecule has 1 aromatic heterocycles. The summed E-state index contributed by atoms with van der Waals surface area (Å²) in [6.07, 6.45) is -4.17. The standard InChI is InChI=1S/C11H10F3NS/c1-15(7-11(12,13)14)9-6-16-10-5-3-2-4-8(9)10/h2-6H,7H2,1H3. The van der Waals surface area contributed by atoms with E-state index in [1.54, 1.807) is 5.38 Å². The Hall–Kier alpha value is -1.23. The van der Waals surface area contributed by atoms with Gasteiger partial charge in [-0.15, -0.1) is 11.3 Å². The van der Waals surface area contributed by atoms with Crippen LogP contribution in [0.25, 0.3) is 10.1 Å². The van der Waals surface area contributed by atoms with Gasteiger partial charge >= 0.3 is 6.18 Å². The summed E-state index contributed by atoms with van der Waals surface area (Å²) in [5.41, 5.74) is 0.637. The lowest BCUT2D eigenvalue weighted by atomic mass is 10.2. The number of halogens is 3. The smallest absolute Gasteiger partial charge is 0.365 e. The van der Waals surface area contributed by atoms with Gasteiger partial charge in [-0.25, -0.2) is 0 Å². The van der Waals surface area contributed by atoms with Crippen molar-refractivity contribution in [2.24, 2.45) is 0 Å². The van der Waals surface area contributed by atoms with Crippen LogP contribution in [0.3, 0.4) is 0 Å². The minimum atomic E-state index is -4.17. The van der Waals surface area contributed by atoms with E-state index < -0.39 is 12.7 Å². The molecule has 2 aromatic rings. The molecule has 0 saturated carbocycles. The maximum atomic E-state index is 12.3. The van der Waals surface area contributed by atoms with Crippen LogP contribution in [0.1, 0.15) is 0 Å². The number of hydrogen-bond acceptors (Lipinski definition) is 2. The Morgan fingerprint density at radius 3 is 2.62 bits per heavy atom. The molecule has 1 heterocycles. The predicted molar refractivity (Wildman–Crippen MR) is 61.2 cm³/mol. The summed E-state index contributed by atoms with van der Waals surface area (Å²) in [4.78, 5) is 1.23. The van der Waals surface area contributed by atoms with Gasteiger partial charge in [-0.05, 0) is 6.07 Å². The van der Waals surface area contributed by atoms with E-state index >= 15 is 0 Å². The zero-order valence-electron chi connectivity index (χ0n) is 8.58. The van der Waals surface area contributed by atoms with Crippen molar-refractivity contribution in [3.63, 3.8) is 0 Å². The maximum Gasteiger partial charge on any atom is 0.405 e. The highest BCUT2D eigenvalue weighted by molar-refractivity contribution is 7.17. The minimum absolute atomic E-state index is 0.637. The van der Waals surface area contributed by atoms with Crippen LogP contribution in [0, 0.1) is 0 Å². The molecule has 0 fully saturated rings. The van der Waals surface area contributed by atoms with E-state index in [4.69, 9.17) is 0 Å². The molecule has 0 N–H and O–H groups in total. The van der Waals surface area contributed by atoms with Crippen LogP contribution < -0.4 is 4.90 Å². The molecule has 0 aliphatic rings. The SMILES string of the molecule is CN(CC(F)(F)F)c1csc2ccccc12. The second kappa shape index (κ2) is 3.97. The van der Waals surface area contributed by atoms with Crippen molar-refractivity contribution in [1.29, 1.82) is 0 Å². The summed E-state index contributed by atoms with van der Waals surface area (Å²) in [7, 11) is 1.46. The van der Waals surface area contributed by atoms with Crippen molar-refractivity contribution < 1.29 is 13.2 Å². The fourth-order valence-corrected chi connectivity index (χ4v) is 2.62. The van der Waals surface area contributed by atoms with Crippen LogP contribution in [0.15, 0.2) is 29.6 Å². The Morgan fingerprint density at radius 2 is 1.94 bits per heavy atom. The third-order valence-corrected chi connectivity index (χ3v) is 3.24. The summed E-state index contributed by atoms with van der Waals surface area (Å²) in [5, 5.41) is 2.63. The van der Waals surface area contributed by atoms with Gasteiger partial charge in [0.1, 0.15) is 6.54 Å². The molecular weight excluding hydrogens is 235 g/mol. The van der Waals surface area contributed by atoms with Gasteiger partial charge in [0.05, 0.1) is 5.69 Å². The third kappa shape index (κ3) is 2.29. The van der Waals surface area contributed by atoms with Crippen molar-refractivity contribution >= 4 is 27.1 Å². The quantitative estimate of drug-likeness (QED) is 0.775. The van der Waals surface area contributed by atoms with Gasteiger partial charge in [0.15, 0.2) is 0 Å². The predicted octanol–water partition coefficient (Wildman–Crippen LogP) is 3.90. The lowest BCUT2D eigenvalue weighted by Crippen LogP contribution is -2.30. The second-order valence-electron chi connectivity index (χ2n) is 3.59. The van der Waals surface area contributed by atoms with E-state index in [0.29, 0.717) is 5.69 Å². The van der Waals surface area contributed by atoms with Gasteiger partial charge in [-0.3, -0.25) is 0 Å². The van der Waals surface area contributed by atoms with Crippen molar-refractivity contribution in [3.05, 3.63) is 29.6 Å². The molecule has 0 spiro atoms. The van der Waals surface area contributed by atoms with Crippen LogP contribution in [0.4, 0.5) is 18.9 Å². The first-order chi connectivity index (χ1) is 7.47. The molecule has 0 amide bonds. The third-order valence-electron chi connectivity index (χ3n) is 2.29. The zero-order chi connectivity index (χ0) is 11.8. The normalized spacial score (nSPS) is 12.0. The zero-order valence-corrected chi connectivity index (χ0v) is 9.40. The van der Waals surface area contributed by atoms with Gasteiger partial charge < -0.3 is 4.90 Å². The molecule has 86 valence electrons. The minimum Gasteiger partial charge on any atom is -0.365 e. The van der Waals surface area contributed by atoms with E-state index in [0.717, 1.165) is 10.1 Å². The van der Waals surface area contributed by atoms with E-state index in [-0.39, 0.29) is 0 Å². The molecule has 0 radical (unpaired) electrons. The van der Waals surface area contributed by atoms with Crippen LogP contribution in [-0.2, 0) is 0 Å². The molecule has 0 unspecified atom stereocenters. The molecule has 0 saturated heterocycles. The average Bonchev–Trinajstić information content (AvgIpc) is 2.58. The van der Waals surface area contributed by atoms with Crippen molar-refractivity contribution in [1.82, 2.24) is 0 Å². The highest BCUT2D eigenvalue weighted by Gasteiger charge is 2.30.